The standard InChI is InChI=1S/C20H18ClN3O4S/c1-3-28-16-9-6-13(10-17(16)27-2)18(25)23-24-19(26)15-11-29-20(22-15)12-4-7-14(21)8-5-12/h4-11H,3H2,1-2H3,(H,23,25)(H,24,26). The van der Waals surface area contributed by atoms with Crippen molar-refractivity contribution in [2.45, 2.75) is 6.92 Å². The number of rotatable bonds is 6. The SMILES string of the molecule is CCOc1ccc(C(=O)NNC(=O)c2csc(-c3ccc(Cl)cc3)n2)cc1OC. The van der Waals surface area contributed by atoms with Gasteiger partial charge < -0.3 is 9.47 Å². The first-order valence-electron chi connectivity index (χ1n) is 8.64. The number of nitrogens with zero attached hydrogens (tertiary/aromatic N) is 1. The number of ether oxygens (including phenoxy) is 2. The van der Waals surface area contributed by atoms with Crippen molar-refractivity contribution in [1.82, 2.24) is 15.8 Å². The molecule has 1 heterocycles. The molecule has 0 saturated carbocycles. The molecule has 0 bridgehead atoms. The van der Waals surface area contributed by atoms with Gasteiger partial charge in [0.05, 0.1) is 13.7 Å². The van der Waals surface area contributed by atoms with Crippen molar-refractivity contribution in [3.63, 3.8) is 0 Å². The first-order valence-corrected chi connectivity index (χ1v) is 9.90. The van der Waals surface area contributed by atoms with Crippen molar-refractivity contribution < 1.29 is 19.1 Å². The van der Waals surface area contributed by atoms with Gasteiger partial charge in [0, 0.05) is 21.5 Å². The van der Waals surface area contributed by atoms with Gasteiger partial charge in [-0.25, -0.2) is 4.98 Å². The summed E-state index contributed by atoms with van der Waals surface area (Å²) in [6.07, 6.45) is 0. The number of hydrogen-bond acceptors (Lipinski definition) is 6. The second-order valence-corrected chi connectivity index (χ2v) is 7.05. The Hall–Kier alpha value is -3.10. The van der Waals surface area contributed by atoms with E-state index < -0.39 is 11.8 Å². The highest BCUT2D eigenvalue weighted by Gasteiger charge is 2.15. The number of carbonyl (C=O) groups is 2. The van der Waals surface area contributed by atoms with E-state index in [4.69, 9.17) is 21.1 Å². The Bertz CT molecular complexity index is 1020. The monoisotopic (exact) mass is 431 g/mol. The molecule has 29 heavy (non-hydrogen) atoms. The summed E-state index contributed by atoms with van der Waals surface area (Å²) in [6.45, 7) is 2.33. The minimum Gasteiger partial charge on any atom is -0.493 e. The fourth-order valence-electron chi connectivity index (χ4n) is 2.44. The molecule has 0 atom stereocenters. The third-order valence-corrected chi connectivity index (χ3v) is 4.99. The largest absolute Gasteiger partial charge is 0.493 e. The van der Waals surface area contributed by atoms with E-state index >= 15 is 0 Å². The van der Waals surface area contributed by atoms with Gasteiger partial charge in [-0.2, -0.15) is 0 Å². The van der Waals surface area contributed by atoms with Crippen LogP contribution in [0.2, 0.25) is 5.02 Å². The van der Waals surface area contributed by atoms with Crippen LogP contribution in [0.25, 0.3) is 10.6 Å². The number of halogens is 1. The molecule has 0 aliphatic rings. The molecule has 0 fully saturated rings. The summed E-state index contributed by atoms with van der Waals surface area (Å²) in [5.74, 6) is -0.0497. The summed E-state index contributed by atoms with van der Waals surface area (Å²) in [5, 5.41) is 2.91. The predicted octanol–water partition coefficient (Wildman–Crippen LogP) is 3.95. The molecule has 9 heteroatoms. The minimum atomic E-state index is -0.521. The molecule has 2 aromatic carbocycles. The van der Waals surface area contributed by atoms with Crippen LogP contribution in [-0.2, 0) is 0 Å². The number of amides is 2. The Morgan fingerprint density at radius 1 is 1.07 bits per heavy atom. The van der Waals surface area contributed by atoms with Crippen molar-refractivity contribution in [2.75, 3.05) is 13.7 Å². The van der Waals surface area contributed by atoms with E-state index in [0.717, 1.165) is 5.56 Å². The minimum absolute atomic E-state index is 0.199. The Kier molecular flexibility index (Phi) is 6.69. The van der Waals surface area contributed by atoms with Crippen LogP contribution in [0.3, 0.4) is 0 Å². The van der Waals surface area contributed by atoms with Gasteiger partial charge in [0.1, 0.15) is 10.7 Å². The Balaban J connectivity index is 1.63. The Labute approximate surface area is 176 Å². The molecule has 0 saturated heterocycles. The summed E-state index contributed by atoms with van der Waals surface area (Å²) in [7, 11) is 1.49. The maximum Gasteiger partial charge on any atom is 0.289 e. The fourth-order valence-corrected chi connectivity index (χ4v) is 3.37. The van der Waals surface area contributed by atoms with Crippen molar-refractivity contribution in [1.29, 1.82) is 0 Å². The summed E-state index contributed by atoms with van der Waals surface area (Å²) >= 11 is 7.20. The highest BCUT2D eigenvalue weighted by Crippen LogP contribution is 2.28. The molecular weight excluding hydrogens is 414 g/mol. The molecule has 0 radical (unpaired) electrons. The third kappa shape index (κ3) is 5.04. The van der Waals surface area contributed by atoms with Crippen molar-refractivity contribution in [3.8, 4) is 22.1 Å². The molecule has 3 aromatic rings. The molecule has 150 valence electrons. The summed E-state index contributed by atoms with van der Waals surface area (Å²) in [4.78, 5) is 28.9. The molecule has 0 unspecified atom stereocenters. The van der Waals surface area contributed by atoms with Crippen LogP contribution in [0.15, 0.2) is 47.8 Å². The van der Waals surface area contributed by atoms with E-state index in [1.807, 2.05) is 19.1 Å². The van der Waals surface area contributed by atoms with E-state index in [0.29, 0.717) is 33.7 Å². The van der Waals surface area contributed by atoms with Crippen LogP contribution >= 0.6 is 22.9 Å². The molecule has 2 amide bonds. The van der Waals surface area contributed by atoms with Crippen LogP contribution in [0.5, 0.6) is 11.5 Å². The average molecular weight is 432 g/mol. The van der Waals surface area contributed by atoms with Gasteiger partial charge in [-0.3, -0.25) is 20.4 Å². The highest BCUT2D eigenvalue weighted by molar-refractivity contribution is 7.13. The van der Waals surface area contributed by atoms with Gasteiger partial charge in [-0.1, -0.05) is 23.7 Å². The van der Waals surface area contributed by atoms with E-state index in [9.17, 15) is 9.59 Å². The summed E-state index contributed by atoms with van der Waals surface area (Å²) < 4.78 is 10.6. The van der Waals surface area contributed by atoms with Crippen LogP contribution < -0.4 is 20.3 Å². The number of carbonyl (C=O) groups excluding carboxylic acids is 2. The number of hydrazine groups is 1. The summed E-state index contributed by atoms with van der Waals surface area (Å²) in [5.41, 5.74) is 6.09. The Morgan fingerprint density at radius 3 is 2.48 bits per heavy atom. The second-order valence-electron chi connectivity index (χ2n) is 5.75. The topological polar surface area (TPSA) is 89.6 Å². The van der Waals surface area contributed by atoms with E-state index in [1.165, 1.54) is 24.5 Å². The van der Waals surface area contributed by atoms with Crippen LogP contribution in [-0.4, -0.2) is 30.5 Å². The first-order chi connectivity index (χ1) is 14.0. The molecule has 1 aromatic heterocycles. The molecular formula is C20H18ClN3O4S. The smallest absolute Gasteiger partial charge is 0.289 e. The molecule has 2 N–H and O–H groups in total. The predicted molar refractivity (Wildman–Crippen MR) is 112 cm³/mol. The summed E-state index contributed by atoms with van der Waals surface area (Å²) in [6, 6.07) is 11.9. The maximum absolute atomic E-state index is 12.3. The lowest BCUT2D eigenvalue weighted by Crippen LogP contribution is -2.41. The third-order valence-electron chi connectivity index (χ3n) is 3.84. The van der Waals surface area contributed by atoms with E-state index in [1.54, 1.807) is 29.6 Å². The van der Waals surface area contributed by atoms with Crippen molar-refractivity contribution >= 4 is 34.8 Å². The number of benzene rings is 2. The van der Waals surface area contributed by atoms with Gasteiger partial charge in [-0.15, -0.1) is 11.3 Å². The van der Waals surface area contributed by atoms with Gasteiger partial charge >= 0.3 is 0 Å². The number of aromatic nitrogens is 1. The van der Waals surface area contributed by atoms with Gasteiger partial charge in [0.15, 0.2) is 11.5 Å². The normalized spacial score (nSPS) is 10.3. The Morgan fingerprint density at radius 2 is 1.79 bits per heavy atom. The van der Waals surface area contributed by atoms with Gasteiger partial charge in [-0.05, 0) is 37.3 Å². The van der Waals surface area contributed by atoms with Gasteiger partial charge in [0.2, 0.25) is 0 Å². The zero-order valence-corrected chi connectivity index (χ0v) is 17.3. The number of methoxy groups -OCH3 is 1. The molecule has 0 spiro atoms. The van der Waals surface area contributed by atoms with Crippen LogP contribution in [0.1, 0.15) is 27.8 Å². The number of hydrogen-bond donors (Lipinski definition) is 2. The lowest BCUT2D eigenvalue weighted by molar-refractivity contribution is 0.0844. The molecule has 0 aliphatic carbocycles. The second kappa shape index (κ2) is 9.40. The fraction of sp³-hybridized carbons (Fsp3) is 0.150. The number of nitrogens with one attached hydrogen (secondary N) is 2. The van der Waals surface area contributed by atoms with E-state index in [2.05, 4.69) is 15.8 Å². The van der Waals surface area contributed by atoms with Crippen LogP contribution in [0, 0.1) is 0 Å². The quantitative estimate of drug-likeness (QED) is 0.577. The van der Waals surface area contributed by atoms with Crippen molar-refractivity contribution in [2.24, 2.45) is 0 Å². The molecule has 7 nitrogen and oxygen atoms in total. The van der Waals surface area contributed by atoms with Gasteiger partial charge in [0.25, 0.3) is 11.8 Å². The molecule has 3 rings (SSSR count). The first kappa shape index (κ1) is 20.6. The lowest BCUT2D eigenvalue weighted by atomic mass is 10.2. The van der Waals surface area contributed by atoms with Crippen LogP contribution in [0.4, 0.5) is 0 Å². The maximum atomic E-state index is 12.3. The highest BCUT2D eigenvalue weighted by atomic mass is 35.5. The number of thiazole rings is 1. The zero-order valence-electron chi connectivity index (χ0n) is 15.7. The molecule has 0 aliphatic heterocycles. The lowest BCUT2D eigenvalue weighted by Gasteiger charge is -2.11. The average Bonchev–Trinajstić information content (AvgIpc) is 3.23. The van der Waals surface area contributed by atoms with E-state index in [-0.39, 0.29) is 5.69 Å². The zero-order chi connectivity index (χ0) is 20.8. The van der Waals surface area contributed by atoms with Crippen molar-refractivity contribution in [3.05, 3.63) is 64.1 Å².